The van der Waals surface area contributed by atoms with Gasteiger partial charge in [0.1, 0.15) is 0 Å². The van der Waals surface area contributed by atoms with Gasteiger partial charge in [-0.3, -0.25) is 0 Å². The first-order valence-corrected chi connectivity index (χ1v) is 9.80. The summed E-state index contributed by atoms with van der Waals surface area (Å²) in [4.78, 5) is 13.9. The van der Waals surface area contributed by atoms with Crippen LogP contribution in [0.25, 0.3) is 27.3 Å². The molecule has 0 aromatic carbocycles. The molecule has 1 fully saturated rings. The lowest BCUT2D eigenvalue weighted by molar-refractivity contribution is 0.459. The molecule has 0 radical (unpaired) electrons. The first-order chi connectivity index (χ1) is 12.7. The first kappa shape index (κ1) is 15.8. The number of fused-ring (bicyclic) bond motifs is 2. The second-order valence-electron chi connectivity index (χ2n) is 6.99. The molecule has 0 amide bonds. The molecule has 0 unspecified atom stereocenters. The van der Waals surface area contributed by atoms with E-state index in [2.05, 4.69) is 34.3 Å². The van der Waals surface area contributed by atoms with E-state index in [9.17, 15) is 0 Å². The standard InChI is InChI=1S/C19H20N6S/c1-11-7-15(24-25-10-12(2)22-18(11)25)14-8-16-17(21-9-14)23-19(26-16)13-3-5-20-6-4-13/h7-10,13,20H,3-6H2,1-2H3. The Morgan fingerprint density at radius 3 is 2.85 bits per heavy atom. The van der Waals surface area contributed by atoms with Gasteiger partial charge in [0.15, 0.2) is 11.3 Å². The zero-order valence-electron chi connectivity index (χ0n) is 14.9. The van der Waals surface area contributed by atoms with E-state index < -0.39 is 0 Å². The maximum Gasteiger partial charge on any atom is 0.170 e. The Balaban J connectivity index is 1.56. The SMILES string of the molecule is Cc1cn2nc(-c3cnc4nc(C5CCNCC5)sc4c3)cc(C)c2n1. The molecule has 6 nitrogen and oxygen atoms in total. The number of nitrogens with one attached hydrogen (secondary N) is 1. The summed E-state index contributed by atoms with van der Waals surface area (Å²) in [5, 5.41) is 9.36. The summed E-state index contributed by atoms with van der Waals surface area (Å²) in [6, 6.07) is 4.25. The van der Waals surface area contributed by atoms with Crippen molar-refractivity contribution in [3.8, 4) is 11.3 Å². The number of piperidine rings is 1. The van der Waals surface area contributed by atoms with E-state index in [0.29, 0.717) is 5.92 Å². The minimum absolute atomic E-state index is 0.560. The molecule has 0 spiro atoms. The van der Waals surface area contributed by atoms with Gasteiger partial charge < -0.3 is 5.32 Å². The predicted molar refractivity (Wildman–Crippen MR) is 104 cm³/mol. The van der Waals surface area contributed by atoms with E-state index in [1.54, 1.807) is 11.3 Å². The highest BCUT2D eigenvalue weighted by molar-refractivity contribution is 7.18. The van der Waals surface area contributed by atoms with Crippen molar-refractivity contribution in [3.05, 3.63) is 40.8 Å². The van der Waals surface area contributed by atoms with Crippen LogP contribution in [0.3, 0.4) is 0 Å². The third-order valence-corrected chi connectivity index (χ3v) is 6.13. The van der Waals surface area contributed by atoms with E-state index >= 15 is 0 Å². The van der Waals surface area contributed by atoms with Crippen LogP contribution >= 0.6 is 11.3 Å². The van der Waals surface area contributed by atoms with Crippen molar-refractivity contribution < 1.29 is 0 Å². The molecule has 0 atom stereocenters. The number of rotatable bonds is 2. The minimum Gasteiger partial charge on any atom is -0.317 e. The third kappa shape index (κ3) is 2.68. The van der Waals surface area contributed by atoms with Gasteiger partial charge in [0.2, 0.25) is 0 Å². The molecule has 5 heterocycles. The summed E-state index contributed by atoms with van der Waals surface area (Å²) in [7, 11) is 0. The highest BCUT2D eigenvalue weighted by Crippen LogP contribution is 2.33. The normalized spacial score (nSPS) is 15.9. The van der Waals surface area contributed by atoms with Gasteiger partial charge in [-0.05, 0) is 57.5 Å². The molecule has 1 N–H and O–H groups in total. The first-order valence-electron chi connectivity index (χ1n) is 8.98. The van der Waals surface area contributed by atoms with Crippen LogP contribution in [-0.4, -0.2) is 37.7 Å². The van der Waals surface area contributed by atoms with Crippen molar-refractivity contribution in [3.63, 3.8) is 0 Å². The molecule has 7 heteroatoms. The molecule has 0 saturated carbocycles. The lowest BCUT2D eigenvalue weighted by atomic mass is 9.99. The van der Waals surface area contributed by atoms with Crippen molar-refractivity contribution in [1.29, 1.82) is 0 Å². The number of aryl methyl sites for hydroxylation is 2. The number of nitrogens with zero attached hydrogens (tertiary/aromatic N) is 5. The van der Waals surface area contributed by atoms with Gasteiger partial charge in [-0.1, -0.05) is 0 Å². The molecule has 5 rings (SSSR count). The molecule has 0 aliphatic carbocycles. The molecule has 4 aromatic rings. The van der Waals surface area contributed by atoms with Crippen molar-refractivity contribution in [2.45, 2.75) is 32.6 Å². The summed E-state index contributed by atoms with van der Waals surface area (Å²) in [6.45, 7) is 6.21. The molecular formula is C19H20N6S. The molecule has 4 aromatic heterocycles. The maximum absolute atomic E-state index is 4.79. The number of hydrogen-bond donors (Lipinski definition) is 1. The number of hydrogen-bond acceptors (Lipinski definition) is 6. The van der Waals surface area contributed by atoms with E-state index in [4.69, 9.17) is 10.1 Å². The van der Waals surface area contributed by atoms with Gasteiger partial charge in [0.05, 0.1) is 27.3 Å². The summed E-state index contributed by atoms with van der Waals surface area (Å²) < 4.78 is 2.99. The fourth-order valence-corrected chi connectivity index (χ4v) is 4.74. The number of aromatic nitrogens is 5. The van der Waals surface area contributed by atoms with Gasteiger partial charge in [-0.2, -0.15) is 5.10 Å². The van der Waals surface area contributed by atoms with Crippen LogP contribution in [0.4, 0.5) is 0 Å². The van der Waals surface area contributed by atoms with E-state index in [-0.39, 0.29) is 0 Å². The second kappa shape index (κ2) is 6.10. The van der Waals surface area contributed by atoms with Crippen LogP contribution in [0.2, 0.25) is 0 Å². The Morgan fingerprint density at radius 2 is 2.00 bits per heavy atom. The van der Waals surface area contributed by atoms with Crippen molar-refractivity contribution in [2.24, 2.45) is 0 Å². The Labute approximate surface area is 155 Å². The molecule has 1 aliphatic rings. The lowest BCUT2D eigenvalue weighted by Crippen LogP contribution is -2.26. The van der Waals surface area contributed by atoms with Gasteiger partial charge in [0.25, 0.3) is 0 Å². The smallest absolute Gasteiger partial charge is 0.170 e. The fourth-order valence-electron chi connectivity index (χ4n) is 3.61. The van der Waals surface area contributed by atoms with E-state index in [0.717, 1.165) is 64.4 Å². The highest BCUT2D eigenvalue weighted by atomic mass is 32.1. The van der Waals surface area contributed by atoms with Crippen molar-refractivity contribution >= 4 is 27.3 Å². The van der Waals surface area contributed by atoms with Crippen LogP contribution in [0.15, 0.2) is 24.5 Å². The van der Waals surface area contributed by atoms with Crippen molar-refractivity contribution in [1.82, 2.24) is 29.9 Å². The van der Waals surface area contributed by atoms with E-state index in [1.165, 1.54) is 5.01 Å². The van der Waals surface area contributed by atoms with E-state index in [1.807, 2.05) is 23.8 Å². The Hall–Kier alpha value is -2.38. The molecule has 0 bridgehead atoms. The van der Waals surface area contributed by atoms with Crippen LogP contribution in [-0.2, 0) is 0 Å². The quantitative estimate of drug-likeness (QED) is 0.590. The van der Waals surface area contributed by atoms with Crippen LogP contribution in [0.1, 0.15) is 35.0 Å². The minimum atomic E-state index is 0.560. The summed E-state index contributed by atoms with van der Waals surface area (Å²) in [6.07, 6.45) is 6.15. The lowest BCUT2D eigenvalue weighted by Gasteiger charge is -2.20. The third-order valence-electron chi connectivity index (χ3n) is 4.98. The summed E-state index contributed by atoms with van der Waals surface area (Å²) in [5.41, 5.74) is 5.78. The highest BCUT2D eigenvalue weighted by Gasteiger charge is 2.19. The predicted octanol–water partition coefficient (Wildman–Crippen LogP) is 3.48. The molecule has 26 heavy (non-hydrogen) atoms. The molecule has 1 saturated heterocycles. The Bertz CT molecular complexity index is 1110. The second-order valence-corrected chi connectivity index (χ2v) is 8.05. The zero-order valence-corrected chi connectivity index (χ0v) is 15.7. The van der Waals surface area contributed by atoms with Gasteiger partial charge in [-0.15, -0.1) is 11.3 Å². The monoisotopic (exact) mass is 364 g/mol. The number of imidazole rings is 1. The zero-order chi connectivity index (χ0) is 17.7. The van der Waals surface area contributed by atoms with Crippen LogP contribution < -0.4 is 5.32 Å². The van der Waals surface area contributed by atoms with Crippen LogP contribution in [0.5, 0.6) is 0 Å². The molecular weight excluding hydrogens is 344 g/mol. The van der Waals surface area contributed by atoms with Gasteiger partial charge >= 0.3 is 0 Å². The Morgan fingerprint density at radius 1 is 1.15 bits per heavy atom. The summed E-state index contributed by atoms with van der Waals surface area (Å²) in [5.74, 6) is 0.560. The molecule has 1 aliphatic heterocycles. The average molecular weight is 364 g/mol. The summed E-state index contributed by atoms with van der Waals surface area (Å²) >= 11 is 1.78. The number of pyridine rings is 1. The fraction of sp³-hybridized carbons (Fsp3) is 0.368. The van der Waals surface area contributed by atoms with Crippen molar-refractivity contribution in [2.75, 3.05) is 13.1 Å². The topological polar surface area (TPSA) is 68.0 Å². The van der Waals surface area contributed by atoms with Crippen LogP contribution in [0, 0.1) is 13.8 Å². The average Bonchev–Trinajstić information content (AvgIpc) is 3.24. The number of thiazole rings is 1. The maximum atomic E-state index is 4.79. The van der Waals surface area contributed by atoms with Gasteiger partial charge in [0, 0.05) is 17.7 Å². The molecule has 132 valence electrons. The van der Waals surface area contributed by atoms with Gasteiger partial charge in [-0.25, -0.2) is 19.5 Å². The Kier molecular flexibility index (Phi) is 3.72. The largest absolute Gasteiger partial charge is 0.317 e.